The number of thioether (sulfide) groups is 1. The summed E-state index contributed by atoms with van der Waals surface area (Å²) in [4.78, 5) is 1.29. The van der Waals surface area contributed by atoms with Gasteiger partial charge in [0.1, 0.15) is 0 Å². The molecular weight excluding hydrogens is 206 g/mol. The fourth-order valence-corrected chi connectivity index (χ4v) is 1.74. The molecule has 1 aromatic rings. The summed E-state index contributed by atoms with van der Waals surface area (Å²) < 4.78 is 0. The molecule has 0 radical (unpaired) electrons. The summed E-state index contributed by atoms with van der Waals surface area (Å²) in [6.07, 6.45) is 2.89. The van der Waals surface area contributed by atoms with Gasteiger partial charge in [0.15, 0.2) is 0 Å². The van der Waals surface area contributed by atoms with Crippen molar-refractivity contribution in [3.63, 3.8) is 0 Å². The molecule has 0 saturated heterocycles. The van der Waals surface area contributed by atoms with E-state index in [9.17, 15) is 0 Å². The minimum absolute atomic E-state index is 0.250. The van der Waals surface area contributed by atoms with E-state index in [2.05, 4.69) is 42.8 Å². The van der Waals surface area contributed by atoms with E-state index in [1.165, 1.54) is 10.5 Å². The Morgan fingerprint density at radius 2 is 2.00 bits per heavy atom. The van der Waals surface area contributed by atoms with Crippen LogP contribution in [-0.2, 0) is 6.54 Å². The summed E-state index contributed by atoms with van der Waals surface area (Å²) in [6.45, 7) is 3.21. The molecule has 1 atom stereocenters. The first-order valence-corrected chi connectivity index (χ1v) is 6.46. The molecule has 0 heterocycles. The summed E-state index contributed by atoms with van der Waals surface area (Å²) in [5.74, 6) is 0. The highest BCUT2D eigenvalue weighted by molar-refractivity contribution is 7.98. The minimum atomic E-state index is 0.250. The Morgan fingerprint density at radius 1 is 1.33 bits per heavy atom. The van der Waals surface area contributed by atoms with Crippen molar-refractivity contribution in [1.82, 2.24) is 5.32 Å². The highest BCUT2D eigenvalue weighted by atomic mass is 32.2. The van der Waals surface area contributed by atoms with Gasteiger partial charge < -0.3 is 10.4 Å². The second-order valence-electron chi connectivity index (χ2n) is 3.64. The van der Waals surface area contributed by atoms with Crippen LogP contribution in [0.5, 0.6) is 0 Å². The number of aliphatic hydroxyl groups is 1. The minimum Gasteiger partial charge on any atom is -0.396 e. The third-order valence-corrected chi connectivity index (χ3v) is 3.12. The molecular formula is C12H19NOS. The largest absolute Gasteiger partial charge is 0.396 e. The van der Waals surface area contributed by atoms with Gasteiger partial charge in [0, 0.05) is 24.1 Å². The van der Waals surface area contributed by atoms with Crippen LogP contribution in [0.4, 0.5) is 0 Å². The van der Waals surface area contributed by atoms with E-state index in [4.69, 9.17) is 5.11 Å². The molecule has 1 rings (SSSR count). The lowest BCUT2D eigenvalue weighted by atomic mass is 10.2. The Labute approximate surface area is 96.1 Å². The number of aliphatic hydroxyl groups excluding tert-OH is 1. The van der Waals surface area contributed by atoms with E-state index in [1.54, 1.807) is 11.8 Å². The van der Waals surface area contributed by atoms with Gasteiger partial charge in [-0.25, -0.2) is 0 Å². The van der Waals surface area contributed by atoms with Crippen LogP contribution in [0.3, 0.4) is 0 Å². The van der Waals surface area contributed by atoms with Gasteiger partial charge in [0.05, 0.1) is 0 Å². The van der Waals surface area contributed by atoms with Gasteiger partial charge in [-0.1, -0.05) is 12.1 Å². The lowest BCUT2D eigenvalue weighted by Crippen LogP contribution is -2.26. The van der Waals surface area contributed by atoms with E-state index in [0.29, 0.717) is 6.04 Å². The van der Waals surface area contributed by atoms with Gasteiger partial charge in [-0.15, -0.1) is 11.8 Å². The van der Waals surface area contributed by atoms with Gasteiger partial charge in [-0.2, -0.15) is 0 Å². The molecule has 0 aliphatic rings. The van der Waals surface area contributed by atoms with Crippen LogP contribution in [0.1, 0.15) is 18.9 Å². The van der Waals surface area contributed by atoms with Crippen molar-refractivity contribution in [1.29, 1.82) is 0 Å². The smallest absolute Gasteiger partial charge is 0.0445 e. The number of benzene rings is 1. The van der Waals surface area contributed by atoms with Gasteiger partial charge in [0.2, 0.25) is 0 Å². The van der Waals surface area contributed by atoms with E-state index in [-0.39, 0.29) is 6.61 Å². The van der Waals surface area contributed by atoms with Gasteiger partial charge in [0.25, 0.3) is 0 Å². The van der Waals surface area contributed by atoms with E-state index in [0.717, 1.165) is 13.0 Å². The molecule has 0 aromatic heterocycles. The topological polar surface area (TPSA) is 32.3 Å². The average Bonchev–Trinajstić information content (AvgIpc) is 2.27. The number of hydrogen-bond acceptors (Lipinski definition) is 3. The quantitative estimate of drug-likeness (QED) is 0.728. The lowest BCUT2D eigenvalue weighted by molar-refractivity contribution is 0.268. The van der Waals surface area contributed by atoms with Crippen LogP contribution in [0, 0.1) is 0 Å². The number of hydrogen-bond donors (Lipinski definition) is 2. The monoisotopic (exact) mass is 225 g/mol. The van der Waals surface area contributed by atoms with Gasteiger partial charge in [-0.05, 0) is 37.3 Å². The Balaban J connectivity index is 2.37. The summed E-state index contributed by atoms with van der Waals surface area (Å²) in [6, 6.07) is 8.93. The van der Waals surface area contributed by atoms with E-state index < -0.39 is 0 Å². The van der Waals surface area contributed by atoms with Gasteiger partial charge >= 0.3 is 0 Å². The standard InChI is InChI=1S/C12H19NOS/c1-10(7-8-14)13-9-11-3-5-12(15-2)6-4-11/h3-6,10,13-14H,7-9H2,1-2H3. The Bertz CT molecular complexity index is 273. The summed E-state index contributed by atoms with van der Waals surface area (Å²) in [5, 5.41) is 12.1. The normalized spacial score (nSPS) is 12.7. The van der Waals surface area contributed by atoms with Crippen LogP contribution in [-0.4, -0.2) is 24.0 Å². The van der Waals surface area contributed by atoms with Crippen LogP contribution in [0.25, 0.3) is 0 Å². The van der Waals surface area contributed by atoms with Crippen LogP contribution in [0.2, 0.25) is 0 Å². The molecule has 0 saturated carbocycles. The number of rotatable bonds is 6. The molecule has 1 unspecified atom stereocenters. The first-order chi connectivity index (χ1) is 7.26. The van der Waals surface area contributed by atoms with Crippen molar-refractivity contribution >= 4 is 11.8 Å². The maximum atomic E-state index is 8.76. The maximum absolute atomic E-state index is 8.76. The zero-order valence-corrected chi connectivity index (χ0v) is 10.2. The Hall–Kier alpha value is -0.510. The first kappa shape index (κ1) is 12.6. The molecule has 0 spiro atoms. The van der Waals surface area contributed by atoms with Crippen molar-refractivity contribution in [3.05, 3.63) is 29.8 Å². The zero-order chi connectivity index (χ0) is 11.1. The van der Waals surface area contributed by atoms with E-state index >= 15 is 0 Å². The fraction of sp³-hybridized carbons (Fsp3) is 0.500. The summed E-state index contributed by atoms with van der Waals surface area (Å²) in [7, 11) is 0. The van der Waals surface area contributed by atoms with Crippen molar-refractivity contribution < 1.29 is 5.11 Å². The van der Waals surface area contributed by atoms with Crippen LogP contribution >= 0.6 is 11.8 Å². The molecule has 0 aliphatic heterocycles. The molecule has 0 aliphatic carbocycles. The fourth-order valence-electron chi connectivity index (χ4n) is 1.33. The molecule has 3 heteroatoms. The molecule has 2 N–H and O–H groups in total. The molecule has 2 nitrogen and oxygen atoms in total. The summed E-state index contributed by atoms with van der Waals surface area (Å²) >= 11 is 1.76. The molecule has 84 valence electrons. The maximum Gasteiger partial charge on any atom is 0.0445 e. The summed E-state index contributed by atoms with van der Waals surface area (Å²) in [5.41, 5.74) is 1.29. The Kier molecular flexibility index (Phi) is 5.76. The third-order valence-electron chi connectivity index (χ3n) is 2.38. The van der Waals surface area contributed by atoms with Crippen LogP contribution in [0.15, 0.2) is 29.2 Å². The number of nitrogens with one attached hydrogen (secondary N) is 1. The Morgan fingerprint density at radius 3 is 2.53 bits per heavy atom. The average molecular weight is 225 g/mol. The van der Waals surface area contributed by atoms with Crippen molar-refractivity contribution in [2.45, 2.75) is 30.8 Å². The molecule has 0 amide bonds. The van der Waals surface area contributed by atoms with Crippen molar-refractivity contribution in [3.8, 4) is 0 Å². The van der Waals surface area contributed by atoms with E-state index in [1.807, 2.05) is 0 Å². The van der Waals surface area contributed by atoms with Crippen LogP contribution < -0.4 is 5.32 Å². The molecule has 15 heavy (non-hydrogen) atoms. The van der Waals surface area contributed by atoms with Crippen molar-refractivity contribution in [2.75, 3.05) is 12.9 Å². The second kappa shape index (κ2) is 6.88. The first-order valence-electron chi connectivity index (χ1n) is 5.23. The third kappa shape index (κ3) is 4.69. The SMILES string of the molecule is CSc1ccc(CNC(C)CCO)cc1. The predicted molar refractivity (Wildman–Crippen MR) is 66.2 cm³/mol. The molecule has 0 fully saturated rings. The zero-order valence-electron chi connectivity index (χ0n) is 9.36. The lowest BCUT2D eigenvalue weighted by Gasteiger charge is -2.12. The molecule has 0 bridgehead atoms. The predicted octanol–water partition coefficient (Wildman–Crippen LogP) is 2.27. The van der Waals surface area contributed by atoms with Crippen molar-refractivity contribution in [2.24, 2.45) is 0 Å². The highest BCUT2D eigenvalue weighted by Gasteiger charge is 2.00. The molecule has 1 aromatic carbocycles. The highest BCUT2D eigenvalue weighted by Crippen LogP contribution is 2.14. The second-order valence-corrected chi connectivity index (χ2v) is 4.52. The van der Waals surface area contributed by atoms with Gasteiger partial charge in [-0.3, -0.25) is 0 Å².